The van der Waals surface area contributed by atoms with Crippen molar-refractivity contribution in [2.75, 3.05) is 20.6 Å². The SMILES string of the molecule is C/C=C\C=C(/C)[C@@H](O)CCN(C)C. The van der Waals surface area contributed by atoms with Crippen LogP contribution in [0, 0.1) is 0 Å². The Hall–Kier alpha value is -0.600. The van der Waals surface area contributed by atoms with Crippen molar-refractivity contribution in [1.29, 1.82) is 0 Å². The summed E-state index contributed by atoms with van der Waals surface area (Å²) in [4.78, 5) is 2.08. The van der Waals surface area contributed by atoms with Gasteiger partial charge in [0.1, 0.15) is 0 Å². The van der Waals surface area contributed by atoms with Gasteiger partial charge in [-0.1, -0.05) is 18.2 Å². The van der Waals surface area contributed by atoms with E-state index >= 15 is 0 Å². The fourth-order valence-corrected chi connectivity index (χ4v) is 0.967. The minimum atomic E-state index is -0.307. The van der Waals surface area contributed by atoms with Gasteiger partial charge in [0, 0.05) is 6.54 Å². The molecule has 0 aromatic rings. The van der Waals surface area contributed by atoms with E-state index in [1.807, 2.05) is 46.2 Å². The summed E-state index contributed by atoms with van der Waals surface area (Å²) in [6.07, 6.45) is 6.36. The van der Waals surface area contributed by atoms with Crippen molar-refractivity contribution in [1.82, 2.24) is 4.90 Å². The van der Waals surface area contributed by atoms with Crippen LogP contribution in [0.15, 0.2) is 23.8 Å². The largest absolute Gasteiger partial charge is 0.389 e. The van der Waals surface area contributed by atoms with Crippen molar-refractivity contribution < 1.29 is 5.11 Å². The highest BCUT2D eigenvalue weighted by Crippen LogP contribution is 2.05. The molecule has 0 aromatic carbocycles. The van der Waals surface area contributed by atoms with Crippen LogP contribution in [0.5, 0.6) is 0 Å². The highest BCUT2D eigenvalue weighted by molar-refractivity contribution is 5.13. The van der Waals surface area contributed by atoms with Gasteiger partial charge in [-0.15, -0.1) is 0 Å². The fourth-order valence-electron chi connectivity index (χ4n) is 0.967. The summed E-state index contributed by atoms with van der Waals surface area (Å²) in [7, 11) is 4.02. The van der Waals surface area contributed by atoms with E-state index in [1.165, 1.54) is 0 Å². The summed E-state index contributed by atoms with van der Waals surface area (Å²) < 4.78 is 0. The van der Waals surface area contributed by atoms with Gasteiger partial charge in [-0.3, -0.25) is 0 Å². The summed E-state index contributed by atoms with van der Waals surface area (Å²) in [5.41, 5.74) is 1.03. The Kier molecular flexibility index (Phi) is 6.55. The second-order valence-electron chi connectivity index (χ2n) is 3.54. The number of rotatable bonds is 5. The van der Waals surface area contributed by atoms with Crippen LogP contribution < -0.4 is 0 Å². The molecule has 2 nitrogen and oxygen atoms in total. The monoisotopic (exact) mass is 183 g/mol. The Morgan fingerprint density at radius 3 is 2.54 bits per heavy atom. The van der Waals surface area contributed by atoms with Gasteiger partial charge in [0.25, 0.3) is 0 Å². The van der Waals surface area contributed by atoms with E-state index in [4.69, 9.17) is 0 Å². The lowest BCUT2D eigenvalue weighted by Crippen LogP contribution is -2.19. The van der Waals surface area contributed by atoms with Crippen molar-refractivity contribution in [3.05, 3.63) is 23.8 Å². The highest BCUT2D eigenvalue weighted by atomic mass is 16.3. The fraction of sp³-hybridized carbons (Fsp3) is 0.636. The van der Waals surface area contributed by atoms with Crippen molar-refractivity contribution in [2.45, 2.75) is 26.4 Å². The molecule has 0 aliphatic carbocycles. The van der Waals surface area contributed by atoms with E-state index in [0.29, 0.717) is 0 Å². The van der Waals surface area contributed by atoms with Crippen LogP contribution in [0.4, 0.5) is 0 Å². The van der Waals surface area contributed by atoms with Gasteiger partial charge >= 0.3 is 0 Å². The van der Waals surface area contributed by atoms with Crippen LogP contribution in [0.25, 0.3) is 0 Å². The van der Waals surface area contributed by atoms with E-state index in [1.54, 1.807) is 0 Å². The zero-order chi connectivity index (χ0) is 10.3. The molecule has 0 spiro atoms. The summed E-state index contributed by atoms with van der Waals surface area (Å²) in [6.45, 7) is 4.85. The number of hydrogen-bond acceptors (Lipinski definition) is 2. The molecule has 2 heteroatoms. The summed E-state index contributed by atoms with van der Waals surface area (Å²) in [5, 5.41) is 9.66. The van der Waals surface area contributed by atoms with Gasteiger partial charge in [0.05, 0.1) is 6.10 Å². The molecule has 0 saturated heterocycles. The van der Waals surface area contributed by atoms with Gasteiger partial charge < -0.3 is 10.0 Å². The number of allylic oxidation sites excluding steroid dienone is 3. The summed E-state index contributed by atoms with van der Waals surface area (Å²) in [5.74, 6) is 0. The third kappa shape index (κ3) is 6.55. The molecule has 0 fully saturated rings. The summed E-state index contributed by atoms with van der Waals surface area (Å²) >= 11 is 0. The van der Waals surface area contributed by atoms with Crippen LogP contribution in [0.3, 0.4) is 0 Å². The van der Waals surface area contributed by atoms with Gasteiger partial charge in [-0.25, -0.2) is 0 Å². The van der Waals surface area contributed by atoms with Gasteiger partial charge in [-0.2, -0.15) is 0 Å². The minimum Gasteiger partial charge on any atom is -0.389 e. The highest BCUT2D eigenvalue weighted by Gasteiger charge is 2.05. The lowest BCUT2D eigenvalue weighted by molar-refractivity contribution is 0.185. The molecule has 0 saturated carbocycles. The van der Waals surface area contributed by atoms with E-state index in [-0.39, 0.29) is 6.10 Å². The predicted molar refractivity (Wildman–Crippen MR) is 57.7 cm³/mol. The average molecular weight is 183 g/mol. The predicted octanol–water partition coefficient (Wildman–Crippen LogP) is 1.82. The van der Waals surface area contributed by atoms with Crippen LogP contribution in [0.2, 0.25) is 0 Å². The van der Waals surface area contributed by atoms with Crippen LogP contribution in [-0.2, 0) is 0 Å². The molecule has 0 heterocycles. The van der Waals surface area contributed by atoms with Crippen molar-refractivity contribution in [2.24, 2.45) is 0 Å². The maximum Gasteiger partial charge on any atom is 0.0762 e. The molecule has 0 bridgehead atoms. The van der Waals surface area contributed by atoms with Crippen molar-refractivity contribution in [3.8, 4) is 0 Å². The molecule has 1 N–H and O–H groups in total. The van der Waals surface area contributed by atoms with Gasteiger partial charge in [0.2, 0.25) is 0 Å². The molecular weight excluding hydrogens is 162 g/mol. The first-order chi connectivity index (χ1) is 6.07. The second-order valence-corrected chi connectivity index (χ2v) is 3.54. The topological polar surface area (TPSA) is 23.5 Å². The lowest BCUT2D eigenvalue weighted by Gasteiger charge is -2.14. The number of aliphatic hydroxyl groups excluding tert-OH is 1. The van der Waals surface area contributed by atoms with Crippen LogP contribution >= 0.6 is 0 Å². The van der Waals surface area contributed by atoms with Gasteiger partial charge in [-0.05, 0) is 39.9 Å². The molecule has 0 radical (unpaired) electrons. The molecule has 0 unspecified atom stereocenters. The Labute approximate surface area is 81.6 Å². The first kappa shape index (κ1) is 12.4. The molecule has 1 atom stereocenters. The summed E-state index contributed by atoms with van der Waals surface area (Å²) in [6, 6.07) is 0. The molecule has 0 amide bonds. The smallest absolute Gasteiger partial charge is 0.0762 e. The third-order valence-electron chi connectivity index (χ3n) is 1.93. The molecule has 13 heavy (non-hydrogen) atoms. The Bertz CT molecular complexity index is 183. The zero-order valence-electron chi connectivity index (χ0n) is 9.12. The molecular formula is C11H21NO. The van der Waals surface area contributed by atoms with Crippen molar-refractivity contribution >= 4 is 0 Å². The molecule has 76 valence electrons. The Balaban J connectivity index is 3.88. The van der Waals surface area contributed by atoms with E-state index in [0.717, 1.165) is 18.5 Å². The van der Waals surface area contributed by atoms with Crippen LogP contribution in [0.1, 0.15) is 20.3 Å². The molecule has 0 rings (SSSR count). The quantitative estimate of drug-likeness (QED) is 0.657. The van der Waals surface area contributed by atoms with Gasteiger partial charge in [0.15, 0.2) is 0 Å². The second kappa shape index (κ2) is 6.87. The molecule has 0 aliphatic rings. The minimum absolute atomic E-state index is 0.307. The van der Waals surface area contributed by atoms with Crippen molar-refractivity contribution in [3.63, 3.8) is 0 Å². The van der Waals surface area contributed by atoms with E-state index in [9.17, 15) is 5.11 Å². The number of nitrogens with zero attached hydrogens (tertiary/aromatic N) is 1. The Morgan fingerprint density at radius 2 is 2.08 bits per heavy atom. The molecule has 0 aliphatic heterocycles. The average Bonchev–Trinajstić information content (AvgIpc) is 2.10. The normalized spacial score (nSPS) is 15.7. The first-order valence-corrected chi connectivity index (χ1v) is 4.70. The standard InChI is InChI=1S/C11H21NO/c1-5-6-7-10(2)11(13)8-9-12(3)4/h5-7,11,13H,8-9H2,1-4H3/b6-5-,10-7+/t11-/m0/s1. The third-order valence-corrected chi connectivity index (χ3v) is 1.93. The van der Waals surface area contributed by atoms with E-state index in [2.05, 4.69) is 4.90 Å². The van der Waals surface area contributed by atoms with Crippen LogP contribution in [-0.4, -0.2) is 36.8 Å². The lowest BCUT2D eigenvalue weighted by atomic mass is 10.1. The molecule has 0 aromatic heterocycles. The number of hydrogen-bond donors (Lipinski definition) is 1. The van der Waals surface area contributed by atoms with E-state index < -0.39 is 0 Å². The zero-order valence-corrected chi connectivity index (χ0v) is 9.12. The maximum absolute atomic E-state index is 9.66. The maximum atomic E-state index is 9.66. The number of aliphatic hydroxyl groups is 1. The first-order valence-electron chi connectivity index (χ1n) is 4.70. The Morgan fingerprint density at radius 1 is 1.46 bits per heavy atom.